The number of nitrogens with one attached hydrogen (secondary N) is 2. The summed E-state index contributed by atoms with van der Waals surface area (Å²) in [6.07, 6.45) is 0. The highest BCUT2D eigenvalue weighted by molar-refractivity contribution is 5.80. The highest BCUT2D eigenvalue weighted by atomic mass is 15.2. The molecule has 0 radical (unpaired) electrons. The first kappa shape index (κ1) is 17.5. The Morgan fingerprint density at radius 2 is 1.67 bits per heavy atom. The number of nitrogens with zero attached hydrogens (tertiary/aromatic N) is 2. The third kappa shape index (κ3) is 7.71. The molecule has 2 N–H and O–H groups in total. The molecule has 21 heavy (non-hydrogen) atoms. The predicted octanol–water partition coefficient (Wildman–Crippen LogP) is 2.60. The summed E-state index contributed by atoms with van der Waals surface area (Å²) in [5.41, 5.74) is 2.56. The lowest BCUT2D eigenvalue weighted by Crippen LogP contribution is -2.47. The van der Waals surface area contributed by atoms with Gasteiger partial charge in [0.1, 0.15) is 0 Å². The highest BCUT2D eigenvalue weighted by Crippen LogP contribution is 2.07. The summed E-state index contributed by atoms with van der Waals surface area (Å²) in [6.45, 7) is 11.0. The molecule has 118 valence electrons. The van der Waals surface area contributed by atoms with E-state index in [0.29, 0.717) is 6.54 Å². The maximum atomic E-state index is 4.64. The standard InChI is InChI=1S/C17H30N4/c1-7-18-16(20-17(2,3)4)19-12-14-8-10-15(11-9-14)13-21(5)6/h8-11H,7,12-13H2,1-6H3,(H2,18,19,20). The van der Waals surface area contributed by atoms with E-state index in [9.17, 15) is 0 Å². The van der Waals surface area contributed by atoms with E-state index in [1.807, 2.05) is 0 Å². The van der Waals surface area contributed by atoms with E-state index in [1.165, 1.54) is 11.1 Å². The largest absolute Gasteiger partial charge is 0.357 e. The van der Waals surface area contributed by atoms with Crippen molar-refractivity contribution in [2.75, 3.05) is 20.6 Å². The van der Waals surface area contributed by atoms with Crippen molar-refractivity contribution < 1.29 is 0 Å². The van der Waals surface area contributed by atoms with Crippen molar-refractivity contribution in [1.29, 1.82) is 0 Å². The molecule has 4 heteroatoms. The van der Waals surface area contributed by atoms with Crippen molar-refractivity contribution in [2.24, 2.45) is 4.99 Å². The lowest BCUT2D eigenvalue weighted by atomic mass is 10.1. The molecule has 0 bridgehead atoms. The van der Waals surface area contributed by atoms with Crippen LogP contribution in [0.2, 0.25) is 0 Å². The van der Waals surface area contributed by atoms with E-state index in [0.717, 1.165) is 19.0 Å². The van der Waals surface area contributed by atoms with Crippen LogP contribution >= 0.6 is 0 Å². The number of guanidine groups is 1. The zero-order valence-electron chi connectivity index (χ0n) is 14.3. The summed E-state index contributed by atoms with van der Waals surface area (Å²) in [7, 11) is 4.16. The fourth-order valence-corrected chi connectivity index (χ4v) is 1.95. The summed E-state index contributed by atoms with van der Waals surface area (Å²) in [5, 5.41) is 6.68. The molecule has 0 saturated carbocycles. The van der Waals surface area contributed by atoms with Crippen LogP contribution in [0.5, 0.6) is 0 Å². The van der Waals surface area contributed by atoms with Crippen LogP contribution in [0.25, 0.3) is 0 Å². The van der Waals surface area contributed by atoms with Crippen molar-refractivity contribution in [3.05, 3.63) is 35.4 Å². The zero-order valence-corrected chi connectivity index (χ0v) is 14.3. The smallest absolute Gasteiger partial charge is 0.191 e. The van der Waals surface area contributed by atoms with Crippen molar-refractivity contribution >= 4 is 5.96 Å². The molecule has 0 aromatic heterocycles. The minimum absolute atomic E-state index is 0.0105. The predicted molar refractivity (Wildman–Crippen MR) is 91.5 cm³/mol. The van der Waals surface area contributed by atoms with Crippen molar-refractivity contribution in [2.45, 2.75) is 46.3 Å². The van der Waals surface area contributed by atoms with Crippen molar-refractivity contribution in [3.63, 3.8) is 0 Å². The molecule has 0 fully saturated rings. The quantitative estimate of drug-likeness (QED) is 0.647. The molecule has 4 nitrogen and oxygen atoms in total. The van der Waals surface area contributed by atoms with Gasteiger partial charge in [0.2, 0.25) is 0 Å². The van der Waals surface area contributed by atoms with Crippen LogP contribution in [0.1, 0.15) is 38.8 Å². The molecule has 0 aliphatic heterocycles. The monoisotopic (exact) mass is 290 g/mol. The van der Waals surface area contributed by atoms with Crippen LogP contribution in [0.3, 0.4) is 0 Å². The number of hydrogen-bond donors (Lipinski definition) is 2. The SMILES string of the molecule is CCNC(=NCc1ccc(CN(C)C)cc1)NC(C)(C)C. The van der Waals surface area contributed by atoms with Crippen LogP contribution in [0, 0.1) is 0 Å². The fourth-order valence-electron chi connectivity index (χ4n) is 1.95. The minimum Gasteiger partial charge on any atom is -0.357 e. The number of rotatable bonds is 5. The Kier molecular flexibility index (Phi) is 6.69. The normalized spacial score (nSPS) is 12.6. The molecule has 0 atom stereocenters. The zero-order chi connectivity index (χ0) is 15.9. The second kappa shape index (κ2) is 8.03. The molecule has 0 amide bonds. The van der Waals surface area contributed by atoms with Gasteiger partial charge in [0.15, 0.2) is 5.96 Å². The molecule has 0 aliphatic carbocycles. The van der Waals surface area contributed by atoms with Gasteiger partial charge in [0.05, 0.1) is 6.54 Å². The van der Waals surface area contributed by atoms with Gasteiger partial charge in [-0.2, -0.15) is 0 Å². The molecular formula is C17H30N4. The van der Waals surface area contributed by atoms with Gasteiger partial charge < -0.3 is 15.5 Å². The van der Waals surface area contributed by atoms with Crippen LogP contribution in [-0.2, 0) is 13.1 Å². The maximum Gasteiger partial charge on any atom is 0.191 e. The topological polar surface area (TPSA) is 39.7 Å². The molecule has 0 aliphatic rings. The van der Waals surface area contributed by atoms with Crippen molar-refractivity contribution in [1.82, 2.24) is 15.5 Å². The van der Waals surface area contributed by atoms with Gasteiger partial charge in [0.25, 0.3) is 0 Å². The molecular weight excluding hydrogens is 260 g/mol. The summed E-state index contributed by atoms with van der Waals surface area (Å²) < 4.78 is 0. The van der Waals surface area contributed by atoms with E-state index in [2.05, 4.69) is 86.6 Å². The van der Waals surface area contributed by atoms with E-state index in [1.54, 1.807) is 0 Å². The van der Waals surface area contributed by atoms with Crippen LogP contribution in [0.4, 0.5) is 0 Å². The Morgan fingerprint density at radius 1 is 1.10 bits per heavy atom. The maximum absolute atomic E-state index is 4.64. The lowest BCUT2D eigenvalue weighted by Gasteiger charge is -2.23. The average molecular weight is 290 g/mol. The van der Waals surface area contributed by atoms with Gasteiger partial charge in [-0.15, -0.1) is 0 Å². The van der Waals surface area contributed by atoms with E-state index >= 15 is 0 Å². The first-order valence-corrected chi connectivity index (χ1v) is 7.59. The second-order valence-corrected chi connectivity index (χ2v) is 6.62. The van der Waals surface area contributed by atoms with Gasteiger partial charge in [-0.3, -0.25) is 0 Å². The molecule has 1 aromatic carbocycles. The molecule has 0 spiro atoms. The minimum atomic E-state index is 0.0105. The van der Waals surface area contributed by atoms with E-state index in [4.69, 9.17) is 0 Å². The van der Waals surface area contributed by atoms with Crippen molar-refractivity contribution in [3.8, 4) is 0 Å². The first-order valence-electron chi connectivity index (χ1n) is 7.59. The Balaban J connectivity index is 2.67. The van der Waals surface area contributed by atoms with Gasteiger partial charge in [0, 0.05) is 18.6 Å². The first-order chi connectivity index (χ1) is 9.80. The summed E-state index contributed by atoms with van der Waals surface area (Å²) in [4.78, 5) is 6.81. The molecule has 0 heterocycles. The lowest BCUT2D eigenvalue weighted by molar-refractivity contribution is 0.402. The Labute approximate surface area is 129 Å². The van der Waals surface area contributed by atoms with E-state index < -0.39 is 0 Å². The summed E-state index contributed by atoms with van der Waals surface area (Å²) >= 11 is 0. The highest BCUT2D eigenvalue weighted by Gasteiger charge is 2.11. The van der Waals surface area contributed by atoms with Gasteiger partial charge in [-0.1, -0.05) is 24.3 Å². The van der Waals surface area contributed by atoms with Crippen LogP contribution in [-0.4, -0.2) is 37.0 Å². The second-order valence-electron chi connectivity index (χ2n) is 6.62. The average Bonchev–Trinajstić information content (AvgIpc) is 2.35. The number of aliphatic imine (C=N–C) groups is 1. The number of benzene rings is 1. The Morgan fingerprint density at radius 3 is 2.14 bits per heavy atom. The van der Waals surface area contributed by atoms with Gasteiger partial charge in [-0.05, 0) is 52.9 Å². The Hall–Kier alpha value is -1.55. The third-order valence-corrected chi connectivity index (χ3v) is 2.78. The summed E-state index contributed by atoms with van der Waals surface area (Å²) in [6, 6.07) is 8.66. The van der Waals surface area contributed by atoms with Gasteiger partial charge >= 0.3 is 0 Å². The number of hydrogen-bond acceptors (Lipinski definition) is 2. The molecule has 1 rings (SSSR count). The fraction of sp³-hybridized carbons (Fsp3) is 0.588. The third-order valence-electron chi connectivity index (χ3n) is 2.78. The molecule has 0 saturated heterocycles. The van der Waals surface area contributed by atoms with Gasteiger partial charge in [-0.25, -0.2) is 4.99 Å². The van der Waals surface area contributed by atoms with Crippen LogP contribution in [0.15, 0.2) is 29.3 Å². The van der Waals surface area contributed by atoms with E-state index in [-0.39, 0.29) is 5.54 Å². The molecule has 1 aromatic rings. The Bertz CT molecular complexity index is 441. The molecule has 0 unspecified atom stereocenters. The van der Waals surface area contributed by atoms with Crippen LogP contribution < -0.4 is 10.6 Å². The summed E-state index contributed by atoms with van der Waals surface area (Å²) in [5.74, 6) is 0.863.